The lowest BCUT2D eigenvalue weighted by atomic mass is 10.5. The Balaban J connectivity index is 5.34. The summed E-state index contributed by atoms with van der Waals surface area (Å²) in [6.07, 6.45) is 0.475. The summed E-state index contributed by atoms with van der Waals surface area (Å²) in [6.45, 7) is 21.5. The van der Waals surface area contributed by atoms with Gasteiger partial charge in [0.25, 0.3) is 0 Å². The van der Waals surface area contributed by atoms with E-state index in [1.54, 1.807) is 0 Å². The first-order chi connectivity index (χ1) is 10.2. The van der Waals surface area contributed by atoms with Crippen LogP contribution in [0.4, 0.5) is 0 Å². The van der Waals surface area contributed by atoms with Crippen LogP contribution in [-0.4, -0.2) is 43.2 Å². The first kappa shape index (κ1) is 22.3. The third-order valence-corrected chi connectivity index (χ3v) is 13.3. The monoisotopic (exact) mass is 350 g/mol. The normalized spacial score (nSPS) is 13.6. The van der Waals surface area contributed by atoms with Crippen molar-refractivity contribution in [3.8, 4) is 0 Å². The second-order valence-electron chi connectivity index (χ2n) is 6.59. The van der Waals surface area contributed by atoms with Gasteiger partial charge in [-0.15, -0.1) is 0 Å². The Kier molecular flexibility index (Phi) is 10.3. The van der Waals surface area contributed by atoms with Crippen LogP contribution < -0.4 is 0 Å². The predicted molar refractivity (Wildman–Crippen MR) is 97.6 cm³/mol. The first-order valence-corrected chi connectivity index (χ1v) is 12.8. The summed E-state index contributed by atoms with van der Waals surface area (Å²) in [5.41, 5.74) is 1.64. The summed E-state index contributed by atoms with van der Waals surface area (Å²) >= 11 is 0. The van der Waals surface area contributed by atoms with Crippen molar-refractivity contribution in [1.29, 1.82) is 0 Å². The van der Waals surface area contributed by atoms with E-state index in [9.17, 15) is 0 Å². The van der Waals surface area contributed by atoms with Crippen LogP contribution in [0.25, 0.3) is 0 Å². The molecule has 0 saturated carbocycles. The molecule has 0 amide bonds. The fourth-order valence-corrected chi connectivity index (χ4v) is 12.1. The molecule has 0 N–H and O–H groups in total. The van der Waals surface area contributed by atoms with Crippen molar-refractivity contribution in [3.05, 3.63) is 0 Å². The molecule has 4 nitrogen and oxygen atoms in total. The van der Waals surface area contributed by atoms with Gasteiger partial charge in [0, 0.05) is 19.8 Å². The van der Waals surface area contributed by atoms with Crippen LogP contribution in [0.2, 0.25) is 16.6 Å². The molecule has 0 unspecified atom stereocenters. The molecular weight excluding hydrogens is 312 g/mol. The van der Waals surface area contributed by atoms with E-state index in [1.807, 2.05) is 20.8 Å². The SMILES string of the molecule is CCO[Si](CO[Si](C(C)C)(C(C)C)C(C)C)(OCC)OCC. The first-order valence-electron chi connectivity index (χ1n) is 8.78. The lowest BCUT2D eigenvalue weighted by molar-refractivity contribution is 0.0514. The van der Waals surface area contributed by atoms with Gasteiger partial charge < -0.3 is 17.7 Å². The van der Waals surface area contributed by atoms with Crippen molar-refractivity contribution in [2.24, 2.45) is 0 Å². The van der Waals surface area contributed by atoms with E-state index in [1.165, 1.54) is 0 Å². The molecule has 0 spiro atoms. The second-order valence-corrected chi connectivity index (χ2v) is 14.6. The molecule has 0 aliphatic carbocycles. The number of hydrogen-bond acceptors (Lipinski definition) is 4. The van der Waals surface area contributed by atoms with Gasteiger partial charge in [-0.1, -0.05) is 41.5 Å². The Hall–Kier alpha value is 0.274. The molecule has 0 aromatic carbocycles. The van der Waals surface area contributed by atoms with E-state index in [2.05, 4.69) is 41.5 Å². The van der Waals surface area contributed by atoms with E-state index >= 15 is 0 Å². The molecule has 0 radical (unpaired) electrons. The Morgan fingerprint density at radius 2 is 0.909 bits per heavy atom. The molecule has 0 aromatic rings. The maximum Gasteiger partial charge on any atom is 0.526 e. The second kappa shape index (κ2) is 10.2. The van der Waals surface area contributed by atoms with Crippen LogP contribution in [0.15, 0.2) is 0 Å². The van der Waals surface area contributed by atoms with Gasteiger partial charge in [0.2, 0.25) is 0 Å². The van der Waals surface area contributed by atoms with Crippen molar-refractivity contribution >= 4 is 17.1 Å². The Bertz CT molecular complexity index is 257. The zero-order valence-corrected chi connectivity index (χ0v) is 18.2. The molecule has 0 aromatic heterocycles. The zero-order chi connectivity index (χ0) is 17.4. The van der Waals surface area contributed by atoms with Crippen molar-refractivity contribution in [2.75, 3.05) is 26.1 Å². The lowest BCUT2D eigenvalue weighted by Crippen LogP contribution is -2.57. The smallest absolute Gasteiger partial charge is 0.412 e. The maximum atomic E-state index is 6.66. The summed E-state index contributed by atoms with van der Waals surface area (Å²) in [4.78, 5) is 0. The van der Waals surface area contributed by atoms with Gasteiger partial charge in [-0.05, 0) is 37.4 Å². The third kappa shape index (κ3) is 5.42. The van der Waals surface area contributed by atoms with Crippen LogP contribution in [-0.2, 0) is 17.7 Å². The van der Waals surface area contributed by atoms with Crippen molar-refractivity contribution < 1.29 is 17.7 Å². The summed E-state index contributed by atoms with van der Waals surface area (Å²) < 4.78 is 24.5. The average molecular weight is 351 g/mol. The quantitative estimate of drug-likeness (QED) is 0.475. The van der Waals surface area contributed by atoms with Gasteiger partial charge in [0.15, 0.2) is 8.32 Å². The maximum absolute atomic E-state index is 6.66. The summed E-state index contributed by atoms with van der Waals surface area (Å²) in [7, 11) is -4.66. The minimum atomic E-state index is -2.73. The van der Waals surface area contributed by atoms with Crippen LogP contribution >= 0.6 is 0 Å². The van der Waals surface area contributed by atoms with Gasteiger partial charge in [-0.25, -0.2) is 0 Å². The Labute approximate surface area is 140 Å². The number of rotatable bonds is 12. The van der Waals surface area contributed by atoms with Gasteiger partial charge in [0.1, 0.15) is 6.23 Å². The molecule has 134 valence electrons. The predicted octanol–water partition coefficient (Wildman–Crippen LogP) is 4.77. The minimum absolute atomic E-state index is 0.475. The van der Waals surface area contributed by atoms with Crippen LogP contribution in [0.1, 0.15) is 62.3 Å². The molecule has 0 saturated heterocycles. The van der Waals surface area contributed by atoms with Crippen LogP contribution in [0, 0.1) is 0 Å². The highest BCUT2D eigenvalue weighted by Gasteiger charge is 2.50. The van der Waals surface area contributed by atoms with E-state index in [0.717, 1.165) is 0 Å². The fraction of sp³-hybridized carbons (Fsp3) is 1.00. The van der Waals surface area contributed by atoms with Crippen LogP contribution in [0.5, 0.6) is 0 Å². The van der Waals surface area contributed by atoms with Crippen LogP contribution in [0.3, 0.4) is 0 Å². The third-order valence-electron chi connectivity index (χ3n) is 4.30. The molecule has 0 heterocycles. The van der Waals surface area contributed by atoms with E-state index < -0.39 is 17.1 Å². The molecular formula is C16H38O4Si2. The Morgan fingerprint density at radius 1 is 0.591 bits per heavy atom. The van der Waals surface area contributed by atoms with Crippen molar-refractivity contribution in [1.82, 2.24) is 0 Å². The minimum Gasteiger partial charge on any atom is -0.412 e. The molecule has 22 heavy (non-hydrogen) atoms. The highest BCUT2D eigenvalue weighted by molar-refractivity contribution is 6.78. The van der Waals surface area contributed by atoms with Gasteiger partial charge in [0.05, 0.1) is 0 Å². The lowest BCUT2D eigenvalue weighted by Gasteiger charge is -2.43. The van der Waals surface area contributed by atoms with E-state index in [0.29, 0.717) is 42.7 Å². The molecule has 6 heteroatoms. The van der Waals surface area contributed by atoms with Gasteiger partial charge >= 0.3 is 8.80 Å². The van der Waals surface area contributed by atoms with E-state index in [-0.39, 0.29) is 0 Å². The molecule has 0 aliphatic rings. The summed E-state index contributed by atoms with van der Waals surface area (Å²) in [5.74, 6) is 0. The highest BCUT2D eigenvalue weighted by atomic mass is 28.4. The standard InChI is InChI=1S/C16H38O4Si2/c1-10-17-21(18-11-2,19-12-3)13-20-22(14(4)5,15(6)7)16(8)9/h14-16H,10-13H2,1-9H3. The molecule has 0 rings (SSSR count). The van der Waals surface area contributed by atoms with Gasteiger partial charge in [-0.2, -0.15) is 0 Å². The Morgan fingerprint density at radius 3 is 1.14 bits per heavy atom. The fourth-order valence-electron chi connectivity index (χ4n) is 3.62. The largest absolute Gasteiger partial charge is 0.526 e. The highest BCUT2D eigenvalue weighted by Crippen LogP contribution is 2.42. The molecule has 0 fully saturated rings. The molecule has 0 bridgehead atoms. The average Bonchev–Trinajstić information content (AvgIpc) is 2.39. The molecule has 0 aliphatic heterocycles. The van der Waals surface area contributed by atoms with Crippen molar-refractivity contribution in [3.63, 3.8) is 0 Å². The number of hydrogen-bond donors (Lipinski definition) is 0. The summed E-state index contributed by atoms with van der Waals surface area (Å²) in [6, 6.07) is 0. The summed E-state index contributed by atoms with van der Waals surface area (Å²) in [5, 5.41) is 0. The topological polar surface area (TPSA) is 36.9 Å². The molecule has 0 atom stereocenters. The zero-order valence-electron chi connectivity index (χ0n) is 16.2. The van der Waals surface area contributed by atoms with E-state index in [4.69, 9.17) is 17.7 Å². The van der Waals surface area contributed by atoms with Crippen molar-refractivity contribution in [2.45, 2.75) is 78.9 Å². The van der Waals surface area contributed by atoms with Gasteiger partial charge in [-0.3, -0.25) is 0 Å².